The first-order chi connectivity index (χ1) is 7.53. The highest BCUT2D eigenvalue weighted by Gasteiger charge is 2.17. The van der Waals surface area contributed by atoms with Gasteiger partial charge in [0.15, 0.2) is 0 Å². The Balaban J connectivity index is 2.27. The van der Waals surface area contributed by atoms with Gasteiger partial charge in [0, 0.05) is 0 Å². The second kappa shape index (κ2) is 6.27. The average molecular weight is 220 g/mol. The number of unbranched alkanes of at least 4 members (excludes halogenated alkanes) is 1. The quantitative estimate of drug-likeness (QED) is 0.518. The van der Waals surface area contributed by atoms with Crippen molar-refractivity contribution in [3.8, 4) is 0 Å². The fourth-order valence-electron chi connectivity index (χ4n) is 2.47. The highest BCUT2D eigenvalue weighted by molar-refractivity contribution is 5.07. The van der Waals surface area contributed by atoms with Crippen LogP contribution in [0.4, 0.5) is 0 Å². The van der Waals surface area contributed by atoms with Gasteiger partial charge in [-0.2, -0.15) is 0 Å². The molecule has 0 saturated heterocycles. The first-order valence-electron chi connectivity index (χ1n) is 6.87. The van der Waals surface area contributed by atoms with Gasteiger partial charge in [0.05, 0.1) is 0 Å². The smallest absolute Gasteiger partial charge is 0.0193 e. The Morgan fingerprint density at radius 1 is 1.44 bits per heavy atom. The molecule has 0 heterocycles. The second-order valence-corrected chi connectivity index (χ2v) is 6.15. The van der Waals surface area contributed by atoms with Gasteiger partial charge >= 0.3 is 0 Å². The highest BCUT2D eigenvalue weighted by atomic mass is 14.2. The predicted octanol–water partition coefficient (Wildman–Crippen LogP) is 5.51. The first kappa shape index (κ1) is 13.5. The van der Waals surface area contributed by atoms with Crippen molar-refractivity contribution in [3.63, 3.8) is 0 Å². The lowest BCUT2D eigenvalue weighted by Crippen LogP contribution is -2.09. The van der Waals surface area contributed by atoms with Crippen LogP contribution >= 0.6 is 0 Å². The van der Waals surface area contributed by atoms with Crippen molar-refractivity contribution in [2.75, 3.05) is 0 Å². The summed E-state index contributed by atoms with van der Waals surface area (Å²) in [6.07, 6.45) is 13.9. The maximum atomic E-state index is 4.07. The van der Waals surface area contributed by atoms with Crippen LogP contribution < -0.4 is 0 Å². The zero-order valence-corrected chi connectivity index (χ0v) is 11.4. The molecule has 0 spiro atoms. The Kier molecular flexibility index (Phi) is 5.31. The largest absolute Gasteiger partial charge is 0.0998 e. The van der Waals surface area contributed by atoms with Crippen molar-refractivity contribution in [2.24, 2.45) is 11.3 Å². The van der Waals surface area contributed by atoms with E-state index in [0.29, 0.717) is 5.41 Å². The highest BCUT2D eigenvalue weighted by Crippen LogP contribution is 2.32. The Labute approximate surface area is 102 Å². The number of hydrogen-bond acceptors (Lipinski definition) is 0. The van der Waals surface area contributed by atoms with Gasteiger partial charge in [0.2, 0.25) is 0 Å². The summed E-state index contributed by atoms with van der Waals surface area (Å²) in [5.74, 6) is 0.787. The van der Waals surface area contributed by atoms with Crippen molar-refractivity contribution in [3.05, 3.63) is 24.3 Å². The lowest BCUT2D eigenvalue weighted by atomic mass is 9.83. The lowest BCUT2D eigenvalue weighted by molar-refractivity contribution is 0.327. The van der Waals surface area contributed by atoms with Crippen LogP contribution in [0.5, 0.6) is 0 Å². The van der Waals surface area contributed by atoms with Gasteiger partial charge in [-0.1, -0.05) is 57.9 Å². The Hall–Kier alpha value is -0.520. The predicted molar refractivity (Wildman–Crippen MR) is 73.5 cm³/mol. The topological polar surface area (TPSA) is 0 Å². The van der Waals surface area contributed by atoms with Crippen LogP contribution in [-0.4, -0.2) is 0 Å². The fourth-order valence-corrected chi connectivity index (χ4v) is 2.47. The SMILES string of the molecule is C=C1CC[C@H](/C=C/CC(C)(C)CCCC)C1. The van der Waals surface area contributed by atoms with Gasteiger partial charge in [-0.15, -0.1) is 0 Å². The maximum Gasteiger partial charge on any atom is -0.0193 e. The number of hydrogen-bond donors (Lipinski definition) is 0. The summed E-state index contributed by atoms with van der Waals surface area (Å²) in [6, 6.07) is 0. The summed E-state index contributed by atoms with van der Waals surface area (Å²) < 4.78 is 0. The molecule has 1 saturated carbocycles. The van der Waals surface area contributed by atoms with Gasteiger partial charge in [-0.25, -0.2) is 0 Å². The molecule has 0 heteroatoms. The lowest BCUT2D eigenvalue weighted by Gasteiger charge is -2.22. The zero-order chi connectivity index (χ0) is 12.0. The van der Waals surface area contributed by atoms with Crippen molar-refractivity contribution >= 4 is 0 Å². The Bertz CT molecular complexity index is 245. The summed E-state index contributed by atoms with van der Waals surface area (Å²) in [4.78, 5) is 0. The van der Waals surface area contributed by atoms with E-state index in [1.54, 1.807) is 0 Å². The summed E-state index contributed by atoms with van der Waals surface area (Å²) in [5.41, 5.74) is 1.93. The number of rotatable bonds is 6. The molecule has 1 atom stereocenters. The molecule has 0 amide bonds. The molecule has 0 aromatic heterocycles. The van der Waals surface area contributed by atoms with Crippen LogP contribution in [0, 0.1) is 11.3 Å². The van der Waals surface area contributed by atoms with Crippen molar-refractivity contribution < 1.29 is 0 Å². The van der Waals surface area contributed by atoms with Crippen LogP contribution in [0.15, 0.2) is 24.3 Å². The average Bonchev–Trinajstić information content (AvgIpc) is 2.61. The minimum atomic E-state index is 0.488. The standard InChI is InChI=1S/C16H28/c1-5-6-11-16(3,4)12-7-8-15-10-9-14(2)13-15/h7-8,15H,2,5-6,9-13H2,1,3-4H3/b8-7+/t15-/m0/s1. The minimum Gasteiger partial charge on any atom is -0.0998 e. The van der Waals surface area contributed by atoms with E-state index >= 15 is 0 Å². The van der Waals surface area contributed by atoms with E-state index in [1.165, 1.54) is 50.5 Å². The summed E-state index contributed by atoms with van der Waals surface area (Å²) in [7, 11) is 0. The molecule has 1 aliphatic carbocycles. The van der Waals surface area contributed by atoms with Crippen LogP contribution in [0.25, 0.3) is 0 Å². The van der Waals surface area contributed by atoms with E-state index in [1.807, 2.05) is 0 Å². The Morgan fingerprint density at radius 2 is 2.19 bits per heavy atom. The van der Waals surface area contributed by atoms with Crippen LogP contribution in [0.3, 0.4) is 0 Å². The van der Waals surface area contributed by atoms with E-state index < -0.39 is 0 Å². The van der Waals surface area contributed by atoms with Gasteiger partial charge in [0.1, 0.15) is 0 Å². The van der Waals surface area contributed by atoms with E-state index in [2.05, 4.69) is 39.5 Å². The third-order valence-corrected chi connectivity index (χ3v) is 3.71. The first-order valence-corrected chi connectivity index (χ1v) is 6.87. The minimum absolute atomic E-state index is 0.488. The Morgan fingerprint density at radius 3 is 2.75 bits per heavy atom. The molecule has 0 aromatic carbocycles. The van der Waals surface area contributed by atoms with E-state index in [9.17, 15) is 0 Å². The molecule has 0 bridgehead atoms. The molecule has 0 N–H and O–H groups in total. The van der Waals surface area contributed by atoms with Gasteiger partial charge in [0.25, 0.3) is 0 Å². The zero-order valence-electron chi connectivity index (χ0n) is 11.4. The second-order valence-electron chi connectivity index (χ2n) is 6.15. The molecule has 0 radical (unpaired) electrons. The molecule has 0 aliphatic heterocycles. The molecule has 16 heavy (non-hydrogen) atoms. The van der Waals surface area contributed by atoms with Crippen LogP contribution in [0.2, 0.25) is 0 Å². The van der Waals surface area contributed by atoms with Crippen molar-refractivity contribution in [2.45, 2.75) is 65.7 Å². The monoisotopic (exact) mass is 220 g/mol. The molecule has 1 aliphatic rings. The fraction of sp³-hybridized carbons (Fsp3) is 0.750. The van der Waals surface area contributed by atoms with Crippen molar-refractivity contribution in [1.29, 1.82) is 0 Å². The summed E-state index contributed by atoms with van der Waals surface area (Å²) in [6.45, 7) is 11.1. The van der Waals surface area contributed by atoms with Gasteiger partial charge in [-0.3, -0.25) is 0 Å². The molecule has 0 aromatic rings. The normalized spacial score (nSPS) is 22.2. The maximum absolute atomic E-state index is 4.07. The summed E-state index contributed by atoms with van der Waals surface area (Å²) in [5, 5.41) is 0. The summed E-state index contributed by atoms with van der Waals surface area (Å²) >= 11 is 0. The molecular formula is C16H28. The molecular weight excluding hydrogens is 192 g/mol. The van der Waals surface area contributed by atoms with Crippen LogP contribution in [-0.2, 0) is 0 Å². The van der Waals surface area contributed by atoms with E-state index in [4.69, 9.17) is 0 Å². The van der Waals surface area contributed by atoms with Gasteiger partial charge < -0.3 is 0 Å². The van der Waals surface area contributed by atoms with Crippen LogP contribution in [0.1, 0.15) is 65.7 Å². The third kappa shape index (κ3) is 5.01. The molecule has 0 unspecified atom stereocenters. The van der Waals surface area contributed by atoms with Crippen molar-refractivity contribution in [1.82, 2.24) is 0 Å². The van der Waals surface area contributed by atoms with Gasteiger partial charge in [-0.05, 0) is 43.4 Å². The van der Waals surface area contributed by atoms with E-state index in [-0.39, 0.29) is 0 Å². The third-order valence-electron chi connectivity index (χ3n) is 3.71. The molecule has 92 valence electrons. The molecule has 1 rings (SSSR count). The molecule has 0 nitrogen and oxygen atoms in total. The number of allylic oxidation sites excluding steroid dienone is 3. The van der Waals surface area contributed by atoms with E-state index in [0.717, 1.165) is 5.92 Å². The molecule has 1 fully saturated rings.